The second kappa shape index (κ2) is 7.12. The van der Waals surface area contributed by atoms with Crippen LogP contribution in [0, 0.1) is 0 Å². The highest BCUT2D eigenvalue weighted by Crippen LogP contribution is 2.11. The third-order valence-electron chi connectivity index (χ3n) is 2.60. The van der Waals surface area contributed by atoms with Crippen LogP contribution in [0.4, 0.5) is 0 Å². The molecule has 1 heterocycles. The van der Waals surface area contributed by atoms with E-state index in [1.165, 1.54) is 12.8 Å². The van der Waals surface area contributed by atoms with Gasteiger partial charge < -0.3 is 9.80 Å². The van der Waals surface area contributed by atoms with Crippen molar-refractivity contribution in [1.82, 2.24) is 9.80 Å². The molecule has 15 heavy (non-hydrogen) atoms. The smallest absolute Gasteiger partial charge is 0.223 e. The van der Waals surface area contributed by atoms with E-state index in [2.05, 4.69) is 19.0 Å². The molecule has 0 spiro atoms. The lowest BCUT2D eigenvalue weighted by Crippen LogP contribution is -2.27. The second-order valence-corrected chi connectivity index (χ2v) is 5.48. The summed E-state index contributed by atoms with van der Waals surface area (Å²) < 4.78 is 0. The summed E-state index contributed by atoms with van der Waals surface area (Å²) in [6.07, 6.45) is 3.11. The van der Waals surface area contributed by atoms with E-state index in [0.717, 1.165) is 37.6 Å². The molecule has 0 aromatic rings. The standard InChI is InChI=1S/C11H22N2OS/c1-12(2)8-10-15-9-5-11(14)13-6-3-4-7-13/h3-10H2,1-2H3. The van der Waals surface area contributed by atoms with Gasteiger partial charge in [-0.15, -0.1) is 0 Å². The first-order valence-corrected chi connectivity index (χ1v) is 6.86. The van der Waals surface area contributed by atoms with Crippen LogP contribution in [0.3, 0.4) is 0 Å². The minimum Gasteiger partial charge on any atom is -0.343 e. The van der Waals surface area contributed by atoms with E-state index in [1.54, 1.807) is 0 Å². The SMILES string of the molecule is CN(C)CCSCCC(=O)N1CCCC1. The van der Waals surface area contributed by atoms with Crippen LogP contribution in [-0.4, -0.2) is 60.9 Å². The van der Waals surface area contributed by atoms with Crippen molar-refractivity contribution >= 4 is 17.7 Å². The Hall–Kier alpha value is -0.220. The average Bonchev–Trinajstić information content (AvgIpc) is 2.69. The quantitative estimate of drug-likeness (QED) is 0.643. The van der Waals surface area contributed by atoms with E-state index in [1.807, 2.05) is 16.7 Å². The van der Waals surface area contributed by atoms with Crippen LogP contribution in [0.1, 0.15) is 19.3 Å². The summed E-state index contributed by atoms with van der Waals surface area (Å²) in [5.74, 6) is 2.45. The molecule has 0 aliphatic carbocycles. The normalized spacial score (nSPS) is 16.3. The third-order valence-corrected chi connectivity index (χ3v) is 3.57. The molecule has 0 radical (unpaired) electrons. The van der Waals surface area contributed by atoms with Crippen LogP contribution in [0.2, 0.25) is 0 Å². The van der Waals surface area contributed by atoms with Gasteiger partial charge in [-0.25, -0.2) is 0 Å². The number of likely N-dealkylation sites (tertiary alicyclic amines) is 1. The predicted molar refractivity (Wildman–Crippen MR) is 66.3 cm³/mol. The fourth-order valence-corrected chi connectivity index (χ4v) is 2.65. The first-order valence-electron chi connectivity index (χ1n) is 5.70. The second-order valence-electron chi connectivity index (χ2n) is 4.25. The number of thioether (sulfide) groups is 1. The van der Waals surface area contributed by atoms with Crippen molar-refractivity contribution in [2.45, 2.75) is 19.3 Å². The van der Waals surface area contributed by atoms with Gasteiger partial charge in [-0.1, -0.05) is 0 Å². The molecule has 0 unspecified atom stereocenters. The molecule has 0 bridgehead atoms. The molecule has 1 amide bonds. The molecule has 0 aromatic carbocycles. The summed E-state index contributed by atoms with van der Waals surface area (Å²) in [7, 11) is 4.16. The maximum atomic E-state index is 11.6. The van der Waals surface area contributed by atoms with E-state index in [9.17, 15) is 4.79 Å². The minimum atomic E-state index is 0.352. The lowest BCUT2D eigenvalue weighted by Gasteiger charge is -2.15. The van der Waals surface area contributed by atoms with Gasteiger partial charge in [-0.3, -0.25) is 4.79 Å². The zero-order chi connectivity index (χ0) is 11.1. The van der Waals surface area contributed by atoms with Crippen molar-refractivity contribution in [3.8, 4) is 0 Å². The molecule has 1 saturated heterocycles. The van der Waals surface area contributed by atoms with Gasteiger partial charge in [0.05, 0.1) is 0 Å². The third kappa shape index (κ3) is 5.42. The molecule has 0 aromatic heterocycles. The Labute approximate surface area is 97.2 Å². The van der Waals surface area contributed by atoms with Gasteiger partial charge in [0.25, 0.3) is 0 Å². The molecular formula is C11H22N2OS. The Bertz CT molecular complexity index is 191. The molecular weight excluding hydrogens is 208 g/mol. The number of nitrogens with zero attached hydrogens (tertiary/aromatic N) is 2. The Morgan fingerprint density at radius 3 is 2.53 bits per heavy atom. The van der Waals surface area contributed by atoms with Crippen molar-refractivity contribution in [3.05, 3.63) is 0 Å². The van der Waals surface area contributed by atoms with Crippen LogP contribution in [0.15, 0.2) is 0 Å². The first-order chi connectivity index (χ1) is 7.20. The van der Waals surface area contributed by atoms with E-state index in [0.29, 0.717) is 5.91 Å². The number of carbonyl (C=O) groups excluding carboxylic acids is 1. The molecule has 1 fully saturated rings. The predicted octanol–water partition coefficient (Wildman–Crippen LogP) is 1.29. The minimum absolute atomic E-state index is 0.352. The summed E-state index contributed by atoms with van der Waals surface area (Å²) in [5.41, 5.74) is 0. The molecule has 0 atom stereocenters. The monoisotopic (exact) mass is 230 g/mol. The molecule has 3 nitrogen and oxygen atoms in total. The molecule has 1 aliphatic heterocycles. The number of hydrogen-bond acceptors (Lipinski definition) is 3. The van der Waals surface area contributed by atoms with E-state index in [4.69, 9.17) is 0 Å². The lowest BCUT2D eigenvalue weighted by molar-refractivity contribution is -0.129. The summed E-state index contributed by atoms with van der Waals surface area (Å²) in [5, 5.41) is 0. The molecule has 4 heteroatoms. The number of rotatable bonds is 6. The molecule has 1 aliphatic rings. The zero-order valence-electron chi connectivity index (χ0n) is 9.87. The van der Waals surface area contributed by atoms with Gasteiger partial charge in [-0.2, -0.15) is 11.8 Å². The van der Waals surface area contributed by atoms with E-state index in [-0.39, 0.29) is 0 Å². The summed E-state index contributed by atoms with van der Waals surface area (Å²) in [6, 6.07) is 0. The van der Waals surface area contributed by atoms with E-state index < -0.39 is 0 Å². The van der Waals surface area contributed by atoms with Crippen molar-refractivity contribution in [1.29, 1.82) is 0 Å². The highest BCUT2D eigenvalue weighted by molar-refractivity contribution is 7.99. The van der Waals surface area contributed by atoms with Crippen molar-refractivity contribution in [2.75, 3.05) is 45.2 Å². The summed E-state index contributed by atoms with van der Waals surface area (Å²) in [4.78, 5) is 15.8. The number of hydrogen-bond donors (Lipinski definition) is 0. The Morgan fingerprint density at radius 1 is 1.27 bits per heavy atom. The first kappa shape index (κ1) is 12.8. The van der Waals surface area contributed by atoms with Crippen LogP contribution in [0.5, 0.6) is 0 Å². The van der Waals surface area contributed by atoms with Gasteiger partial charge in [0.1, 0.15) is 0 Å². The van der Waals surface area contributed by atoms with Crippen LogP contribution < -0.4 is 0 Å². The van der Waals surface area contributed by atoms with Crippen LogP contribution in [0.25, 0.3) is 0 Å². The van der Waals surface area contributed by atoms with Gasteiger partial charge in [0.15, 0.2) is 0 Å². The summed E-state index contributed by atoms with van der Waals surface area (Å²) in [6.45, 7) is 3.07. The largest absolute Gasteiger partial charge is 0.343 e. The maximum Gasteiger partial charge on any atom is 0.223 e. The Morgan fingerprint density at radius 2 is 1.93 bits per heavy atom. The fourth-order valence-electron chi connectivity index (χ4n) is 1.63. The number of amides is 1. The Balaban J connectivity index is 1.97. The van der Waals surface area contributed by atoms with Crippen LogP contribution in [-0.2, 0) is 4.79 Å². The fraction of sp³-hybridized carbons (Fsp3) is 0.909. The van der Waals surface area contributed by atoms with Gasteiger partial charge in [-0.05, 0) is 26.9 Å². The maximum absolute atomic E-state index is 11.6. The van der Waals surface area contributed by atoms with E-state index >= 15 is 0 Å². The van der Waals surface area contributed by atoms with Crippen molar-refractivity contribution < 1.29 is 4.79 Å². The Kier molecular flexibility index (Phi) is 6.10. The van der Waals surface area contributed by atoms with Gasteiger partial charge >= 0.3 is 0 Å². The highest BCUT2D eigenvalue weighted by atomic mass is 32.2. The number of carbonyl (C=O) groups is 1. The zero-order valence-corrected chi connectivity index (χ0v) is 10.7. The van der Waals surface area contributed by atoms with Crippen molar-refractivity contribution in [2.24, 2.45) is 0 Å². The van der Waals surface area contributed by atoms with Gasteiger partial charge in [0.2, 0.25) is 5.91 Å². The average molecular weight is 230 g/mol. The summed E-state index contributed by atoms with van der Waals surface area (Å²) >= 11 is 1.88. The van der Waals surface area contributed by atoms with Gasteiger partial charge in [0, 0.05) is 37.6 Å². The topological polar surface area (TPSA) is 23.6 Å². The highest BCUT2D eigenvalue weighted by Gasteiger charge is 2.16. The lowest BCUT2D eigenvalue weighted by atomic mass is 10.4. The molecule has 88 valence electrons. The molecule has 0 saturated carbocycles. The van der Waals surface area contributed by atoms with Crippen LogP contribution >= 0.6 is 11.8 Å². The van der Waals surface area contributed by atoms with Crippen molar-refractivity contribution in [3.63, 3.8) is 0 Å². The molecule has 1 rings (SSSR count). The molecule has 0 N–H and O–H groups in total.